The molecule has 0 aliphatic heterocycles. The summed E-state index contributed by atoms with van der Waals surface area (Å²) in [6, 6.07) is 6.78. The molecule has 2 nitrogen and oxygen atoms in total. The number of methoxy groups -OCH3 is 1. The van der Waals surface area contributed by atoms with E-state index >= 15 is 0 Å². The normalized spacial score (nSPS) is 16.3. The Kier molecular flexibility index (Phi) is 3.30. The van der Waals surface area contributed by atoms with Gasteiger partial charge in [-0.25, -0.2) is 0 Å². The SMILES string of the molecule is CNC(C)C1=CCCc2cc(OC)ccc21. The summed E-state index contributed by atoms with van der Waals surface area (Å²) in [4.78, 5) is 0. The maximum absolute atomic E-state index is 5.27. The lowest BCUT2D eigenvalue weighted by Crippen LogP contribution is -2.24. The number of likely N-dealkylation sites (N-methyl/N-ethyl adjacent to an activating group) is 1. The van der Waals surface area contributed by atoms with E-state index in [4.69, 9.17) is 4.74 Å². The Hall–Kier alpha value is -1.28. The quantitative estimate of drug-likeness (QED) is 0.840. The van der Waals surface area contributed by atoms with Gasteiger partial charge in [-0.3, -0.25) is 0 Å². The molecule has 2 heteroatoms. The standard InChI is InChI=1S/C14H19NO/c1-10(15-2)13-6-4-5-11-9-12(16-3)7-8-14(11)13/h6-10,15H,4-5H2,1-3H3. The smallest absolute Gasteiger partial charge is 0.119 e. The molecule has 1 N–H and O–H groups in total. The third-order valence-electron chi connectivity index (χ3n) is 3.30. The number of nitrogens with one attached hydrogen (secondary N) is 1. The van der Waals surface area contributed by atoms with Crippen molar-refractivity contribution in [3.63, 3.8) is 0 Å². The Labute approximate surface area is 97.3 Å². The summed E-state index contributed by atoms with van der Waals surface area (Å²) >= 11 is 0. The van der Waals surface area contributed by atoms with E-state index in [1.165, 1.54) is 16.7 Å². The molecular formula is C14H19NO. The molecule has 0 aromatic heterocycles. The van der Waals surface area contributed by atoms with Crippen LogP contribution in [0, 0.1) is 0 Å². The van der Waals surface area contributed by atoms with Gasteiger partial charge in [-0.15, -0.1) is 0 Å². The van der Waals surface area contributed by atoms with Crippen LogP contribution in [0.5, 0.6) is 5.75 Å². The molecule has 16 heavy (non-hydrogen) atoms. The van der Waals surface area contributed by atoms with Crippen molar-refractivity contribution in [1.82, 2.24) is 5.32 Å². The molecule has 0 spiro atoms. The second-order valence-corrected chi connectivity index (χ2v) is 4.23. The highest BCUT2D eigenvalue weighted by atomic mass is 16.5. The van der Waals surface area contributed by atoms with Crippen molar-refractivity contribution in [2.45, 2.75) is 25.8 Å². The number of hydrogen-bond donors (Lipinski definition) is 1. The Morgan fingerprint density at radius 1 is 1.38 bits per heavy atom. The van der Waals surface area contributed by atoms with Crippen LogP contribution in [0.2, 0.25) is 0 Å². The monoisotopic (exact) mass is 217 g/mol. The Bertz CT molecular complexity index is 409. The summed E-state index contributed by atoms with van der Waals surface area (Å²) in [5.74, 6) is 0.956. The van der Waals surface area contributed by atoms with Gasteiger partial charge in [0, 0.05) is 6.04 Å². The number of benzene rings is 1. The fraction of sp³-hybridized carbons (Fsp3) is 0.429. The molecule has 86 valence electrons. The fourth-order valence-electron chi connectivity index (χ4n) is 2.24. The summed E-state index contributed by atoms with van der Waals surface area (Å²) in [5, 5.41) is 3.30. The first-order valence-electron chi connectivity index (χ1n) is 5.81. The molecule has 0 radical (unpaired) electrons. The van der Waals surface area contributed by atoms with Crippen LogP contribution in [0.1, 0.15) is 24.5 Å². The largest absolute Gasteiger partial charge is 0.497 e. The second kappa shape index (κ2) is 4.71. The van der Waals surface area contributed by atoms with Gasteiger partial charge in [-0.05, 0) is 55.6 Å². The molecule has 1 aromatic rings. The Balaban J connectivity index is 2.39. The number of aryl methyl sites for hydroxylation is 1. The molecule has 1 aliphatic rings. The molecule has 0 saturated heterocycles. The van der Waals surface area contributed by atoms with E-state index in [0.29, 0.717) is 6.04 Å². The van der Waals surface area contributed by atoms with E-state index in [-0.39, 0.29) is 0 Å². The van der Waals surface area contributed by atoms with Gasteiger partial charge in [-0.1, -0.05) is 12.1 Å². The average molecular weight is 217 g/mol. The van der Waals surface area contributed by atoms with Crippen molar-refractivity contribution >= 4 is 5.57 Å². The van der Waals surface area contributed by atoms with Crippen molar-refractivity contribution in [3.8, 4) is 5.75 Å². The van der Waals surface area contributed by atoms with Gasteiger partial charge < -0.3 is 10.1 Å². The summed E-state index contributed by atoms with van der Waals surface area (Å²) in [7, 11) is 3.72. The Morgan fingerprint density at radius 3 is 2.88 bits per heavy atom. The molecule has 0 fully saturated rings. The minimum Gasteiger partial charge on any atom is -0.497 e. The van der Waals surface area contributed by atoms with Crippen molar-refractivity contribution in [2.75, 3.05) is 14.2 Å². The summed E-state index contributed by atoms with van der Waals surface area (Å²) < 4.78 is 5.27. The van der Waals surface area contributed by atoms with Crippen molar-refractivity contribution in [2.24, 2.45) is 0 Å². The zero-order valence-electron chi connectivity index (χ0n) is 10.2. The van der Waals surface area contributed by atoms with Crippen LogP contribution in [0.3, 0.4) is 0 Å². The zero-order chi connectivity index (χ0) is 11.5. The van der Waals surface area contributed by atoms with Crippen LogP contribution >= 0.6 is 0 Å². The maximum Gasteiger partial charge on any atom is 0.119 e. The molecule has 0 heterocycles. The number of rotatable bonds is 3. The maximum atomic E-state index is 5.27. The molecule has 1 unspecified atom stereocenters. The van der Waals surface area contributed by atoms with Crippen LogP contribution in [0.15, 0.2) is 24.3 Å². The van der Waals surface area contributed by atoms with Gasteiger partial charge in [-0.2, -0.15) is 0 Å². The van der Waals surface area contributed by atoms with Gasteiger partial charge in [0.2, 0.25) is 0 Å². The van der Waals surface area contributed by atoms with E-state index in [1.54, 1.807) is 7.11 Å². The Morgan fingerprint density at radius 2 is 2.19 bits per heavy atom. The second-order valence-electron chi connectivity index (χ2n) is 4.23. The predicted octanol–water partition coefficient (Wildman–Crippen LogP) is 2.63. The minimum absolute atomic E-state index is 0.410. The fourth-order valence-corrected chi connectivity index (χ4v) is 2.24. The van der Waals surface area contributed by atoms with Crippen LogP contribution in [0.25, 0.3) is 5.57 Å². The topological polar surface area (TPSA) is 21.3 Å². The lowest BCUT2D eigenvalue weighted by molar-refractivity contribution is 0.414. The molecular weight excluding hydrogens is 198 g/mol. The van der Waals surface area contributed by atoms with Crippen molar-refractivity contribution in [3.05, 3.63) is 35.4 Å². The highest BCUT2D eigenvalue weighted by Crippen LogP contribution is 2.31. The van der Waals surface area contributed by atoms with Crippen molar-refractivity contribution < 1.29 is 4.74 Å². The first-order chi connectivity index (χ1) is 7.76. The molecule has 0 amide bonds. The summed E-state index contributed by atoms with van der Waals surface area (Å²) in [6.45, 7) is 2.20. The number of allylic oxidation sites excluding steroid dienone is 1. The summed E-state index contributed by atoms with van der Waals surface area (Å²) in [5.41, 5.74) is 4.18. The highest BCUT2D eigenvalue weighted by molar-refractivity contribution is 5.74. The van der Waals surface area contributed by atoms with Gasteiger partial charge in [0.1, 0.15) is 5.75 Å². The average Bonchev–Trinajstić information content (AvgIpc) is 2.36. The minimum atomic E-state index is 0.410. The van der Waals surface area contributed by atoms with Crippen molar-refractivity contribution in [1.29, 1.82) is 0 Å². The molecule has 1 aromatic carbocycles. The number of ether oxygens (including phenoxy) is 1. The first kappa shape index (κ1) is 11.2. The highest BCUT2D eigenvalue weighted by Gasteiger charge is 2.16. The first-order valence-corrected chi connectivity index (χ1v) is 5.81. The third-order valence-corrected chi connectivity index (χ3v) is 3.30. The third kappa shape index (κ3) is 1.98. The number of fused-ring (bicyclic) bond motifs is 1. The van der Waals surface area contributed by atoms with E-state index in [9.17, 15) is 0 Å². The lowest BCUT2D eigenvalue weighted by Gasteiger charge is -2.23. The molecule has 1 aliphatic carbocycles. The van der Waals surface area contributed by atoms with Crippen LogP contribution in [-0.4, -0.2) is 20.2 Å². The molecule has 1 atom stereocenters. The van der Waals surface area contributed by atoms with Crippen LogP contribution in [0.4, 0.5) is 0 Å². The van der Waals surface area contributed by atoms with E-state index in [0.717, 1.165) is 18.6 Å². The van der Waals surface area contributed by atoms with E-state index in [1.807, 2.05) is 13.1 Å². The van der Waals surface area contributed by atoms with E-state index in [2.05, 4.69) is 30.4 Å². The van der Waals surface area contributed by atoms with Gasteiger partial charge in [0.05, 0.1) is 7.11 Å². The molecule has 2 rings (SSSR count). The van der Waals surface area contributed by atoms with Crippen LogP contribution in [-0.2, 0) is 6.42 Å². The summed E-state index contributed by atoms with van der Waals surface area (Å²) in [6.07, 6.45) is 4.59. The van der Waals surface area contributed by atoms with Gasteiger partial charge in [0.25, 0.3) is 0 Å². The van der Waals surface area contributed by atoms with Gasteiger partial charge in [0.15, 0.2) is 0 Å². The van der Waals surface area contributed by atoms with Gasteiger partial charge >= 0.3 is 0 Å². The molecule has 0 saturated carbocycles. The zero-order valence-corrected chi connectivity index (χ0v) is 10.2. The lowest BCUT2D eigenvalue weighted by atomic mass is 9.87. The van der Waals surface area contributed by atoms with Crippen LogP contribution < -0.4 is 10.1 Å². The number of hydrogen-bond acceptors (Lipinski definition) is 2. The molecule has 0 bridgehead atoms. The van der Waals surface area contributed by atoms with E-state index < -0.39 is 0 Å². The predicted molar refractivity (Wildman–Crippen MR) is 67.8 cm³/mol.